The number of benzene rings is 2. The Morgan fingerprint density at radius 2 is 1.81 bits per heavy atom. The number of amides is 4. The van der Waals surface area contributed by atoms with Crippen LogP contribution in [-0.2, 0) is 15.8 Å². The third kappa shape index (κ3) is 4.51. The molecule has 0 bridgehead atoms. The lowest BCUT2D eigenvalue weighted by Gasteiger charge is -2.27. The fourth-order valence-corrected chi connectivity index (χ4v) is 3.27. The van der Waals surface area contributed by atoms with Gasteiger partial charge in [0.05, 0.1) is 27.9 Å². The molecule has 4 amide bonds. The number of carbonyl (C=O) groups is 3. The molecule has 0 saturated carbocycles. The highest BCUT2D eigenvalue weighted by Crippen LogP contribution is 2.38. The number of phenols is 1. The normalized spacial score (nSPS) is 15.9. The SMILES string of the molecule is CCOc1cc(C=C2C(=O)NC(=O)N(c3cc(C(F)(F)F)ccc3Cl)C2=O)cc(Cl)c1O. The van der Waals surface area contributed by atoms with Crippen molar-refractivity contribution in [3.63, 3.8) is 0 Å². The van der Waals surface area contributed by atoms with Crippen LogP contribution in [0.25, 0.3) is 6.08 Å². The van der Waals surface area contributed by atoms with E-state index in [2.05, 4.69) is 0 Å². The molecule has 0 spiro atoms. The number of phenolic OH excluding ortho intramolecular Hbond substituents is 1. The van der Waals surface area contributed by atoms with Crippen molar-refractivity contribution < 1.29 is 37.4 Å². The average Bonchev–Trinajstić information content (AvgIpc) is 2.69. The van der Waals surface area contributed by atoms with Crippen LogP contribution in [0, 0.1) is 0 Å². The molecular weight excluding hydrogens is 476 g/mol. The zero-order valence-electron chi connectivity index (χ0n) is 16.1. The predicted octanol–water partition coefficient (Wildman–Crippen LogP) is 4.78. The van der Waals surface area contributed by atoms with Gasteiger partial charge in [-0.2, -0.15) is 13.2 Å². The van der Waals surface area contributed by atoms with Gasteiger partial charge in [0.1, 0.15) is 5.57 Å². The van der Waals surface area contributed by atoms with Crippen LogP contribution in [0.1, 0.15) is 18.1 Å². The van der Waals surface area contributed by atoms with Gasteiger partial charge in [-0.25, -0.2) is 9.69 Å². The number of halogens is 5. The van der Waals surface area contributed by atoms with Crippen molar-refractivity contribution >= 4 is 52.8 Å². The van der Waals surface area contributed by atoms with Gasteiger partial charge in [-0.15, -0.1) is 0 Å². The molecule has 1 aliphatic heterocycles. The van der Waals surface area contributed by atoms with Crippen molar-refractivity contribution in [1.29, 1.82) is 0 Å². The highest BCUT2D eigenvalue weighted by Gasteiger charge is 2.39. The molecule has 0 unspecified atom stereocenters. The van der Waals surface area contributed by atoms with Gasteiger partial charge in [-0.05, 0) is 48.9 Å². The molecule has 1 aliphatic rings. The minimum absolute atomic E-state index is 0.0237. The molecule has 2 N–H and O–H groups in total. The Hall–Kier alpha value is -3.24. The average molecular weight is 489 g/mol. The van der Waals surface area contributed by atoms with Gasteiger partial charge in [-0.3, -0.25) is 14.9 Å². The fourth-order valence-electron chi connectivity index (χ4n) is 2.85. The van der Waals surface area contributed by atoms with Crippen molar-refractivity contribution in [2.75, 3.05) is 11.5 Å². The molecule has 2 aromatic carbocycles. The van der Waals surface area contributed by atoms with Crippen LogP contribution in [-0.4, -0.2) is 29.6 Å². The van der Waals surface area contributed by atoms with E-state index in [0.29, 0.717) is 17.0 Å². The zero-order chi connectivity index (χ0) is 23.8. The largest absolute Gasteiger partial charge is 0.503 e. The maximum Gasteiger partial charge on any atom is 0.416 e. The first-order valence-corrected chi connectivity index (χ1v) is 9.63. The van der Waals surface area contributed by atoms with E-state index in [-0.39, 0.29) is 33.7 Å². The Balaban J connectivity index is 2.09. The number of carbonyl (C=O) groups excluding carboxylic acids is 3. The molecule has 0 radical (unpaired) electrons. The van der Waals surface area contributed by atoms with E-state index < -0.39 is 40.8 Å². The van der Waals surface area contributed by atoms with Crippen LogP contribution in [0.3, 0.4) is 0 Å². The standard InChI is InChI=1S/C20H13Cl2F3N2O5/c1-2-32-15-7-9(6-13(22)16(15)28)5-11-17(29)26-19(31)27(18(11)30)14-8-10(20(23,24)25)3-4-12(14)21/h3-8,28H,2H2,1H3,(H,26,29,31). The van der Waals surface area contributed by atoms with Crippen LogP contribution >= 0.6 is 23.2 Å². The second kappa shape index (κ2) is 8.71. The van der Waals surface area contributed by atoms with E-state index in [9.17, 15) is 32.7 Å². The fraction of sp³-hybridized carbons (Fsp3) is 0.150. The molecule has 0 atom stereocenters. The van der Waals surface area contributed by atoms with E-state index in [4.69, 9.17) is 27.9 Å². The lowest BCUT2D eigenvalue weighted by Crippen LogP contribution is -2.54. The van der Waals surface area contributed by atoms with Crippen molar-refractivity contribution in [2.45, 2.75) is 13.1 Å². The number of nitrogens with zero attached hydrogens (tertiary/aromatic N) is 1. The number of barbiturate groups is 1. The predicted molar refractivity (Wildman–Crippen MR) is 110 cm³/mol. The highest BCUT2D eigenvalue weighted by atomic mass is 35.5. The van der Waals surface area contributed by atoms with Gasteiger partial charge in [0.2, 0.25) is 0 Å². The smallest absolute Gasteiger partial charge is 0.416 e. The number of anilines is 1. The molecule has 3 rings (SSSR count). The first kappa shape index (κ1) is 23.4. The van der Waals surface area contributed by atoms with E-state index >= 15 is 0 Å². The number of nitrogens with one attached hydrogen (secondary N) is 1. The van der Waals surface area contributed by atoms with Crippen molar-refractivity contribution in [1.82, 2.24) is 5.32 Å². The summed E-state index contributed by atoms with van der Waals surface area (Å²) < 4.78 is 44.5. The number of alkyl halides is 3. The summed E-state index contributed by atoms with van der Waals surface area (Å²) in [6.07, 6.45) is -3.71. The Morgan fingerprint density at radius 1 is 1.12 bits per heavy atom. The van der Waals surface area contributed by atoms with E-state index in [1.54, 1.807) is 6.92 Å². The molecular formula is C20H13Cl2F3N2O5. The minimum Gasteiger partial charge on any atom is -0.503 e. The van der Waals surface area contributed by atoms with Crippen LogP contribution in [0.5, 0.6) is 11.5 Å². The number of rotatable bonds is 4. The quantitative estimate of drug-likeness (QED) is 0.476. The van der Waals surface area contributed by atoms with Gasteiger partial charge in [0, 0.05) is 0 Å². The van der Waals surface area contributed by atoms with Crippen molar-refractivity contribution in [2.24, 2.45) is 0 Å². The van der Waals surface area contributed by atoms with E-state index in [1.807, 2.05) is 5.32 Å². The van der Waals surface area contributed by atoms with Gasteiger partial charge in [0.25, 0.3) is 11.8 Å². The Bertz CT molecular complexity index is 1160. The van der Waals surface area contributed by atoms with Crippen LogP contribution in [0.15, 0.2) is 35.9 Å². The van der Waals surface area contributed by atoms with Crippen LogP contribution in [0.2, 0.25) is 10.0 Å². The lowest BCUT2D eigenvalue weighted by molar-refractivity contribution is -0.137. The van der Waals surface area contributed by atoms with Gasteiger partial charge in [-0.1, -0.05) is 23.2 Å². The minimum atomic E-state index is -4.76. The molecule has 0 aromatic heterocycles. The molecule has 168 valence electrons. The molecule has 1 heterocycles. The van der Waals surface area contributed by atoms with E-state index in [0.717, 1.165) is 12.1 Å². The molecule has 7 nitrogen and oxygen atoms in total. The molecule has 12 heteroatoms. The van der Waals surface area contributed by atoms with Crippen LogP contribution in [0.4, 0.5) is 23.7 Å². The second-order valence-electron chi connectivity index (χ2n) is 6.40. The number of urea groups is 1. The summed E-state index contributed by atoms with van der Waals surface area (Å²) in [5.41, 5.74) is -2.13. The maximum absolute atomic E-state index is 13.1. The van der Waals surface area contributed by atoms with Crippen LogP contribution < -0.4 is 15.0 Å². The number of ether oxygens (including phenoxy) is 1. The third-order valence-electron chi connectivity index (χ3n) is 4.28. The van der Waals surface area contributed by atoms with Crippen molar-refractivity contribution in [3.05, 3.63) is 57.1 Å². The van der Waals surface area contributed by atoms with Gasteiger partial charge < -0.3 is 9.84 Å². The summed E-state index contributed by atoms with van der Waals surface area (Å²) in [4.78, 5) is 37.9. The van der Waals surface area contributed by atoms with Crippen molar-refractivity contribution in [3.8, 4) is 11.5 Å². The molecule has 0 aliphatic carbocycles. The van der Waals surface area contributed by atoms with Gasteiger partial charge in [0.15, 0.2) is 11.5 Å². The second-order valence-corrected chi connectivity index (χ2v) is 7.22. The highest BCUT2D eigenvalue weighted by molar-refractivity contribution is 6.42. The number of hydrogen-bond acceptors (Lipinski definition) is 5. The Kier molecular flexibility index (Phi) is 6.38. The summed E-state index contributed by atoms with van der Waals surface area (Å²) in [6, 6.07) is 3.35. The molecule has 2 aromatic rings. The number of aromatic hydroxyl groups is 1. The Labute approximate surface area is 189 Å². The summed E-state index contributed by atoms with van der Waals surface area (Å²) in [6.45, 7) is 1.83. The first-order chi connectivity index (χ1) is 14.9. The molecule has 32 heavy (non-hydrogen) atoms. The third-order valence-corrected chi connectivity index (χ3v) is 4.89. The summed E-state index contributed by atoms with van der Waals surface area (Å²) >= 11 is 11.9. The number of hydrogen-bond donors (Lipinski definition) is 2. The van der Waals surface area contributed by atoms with Gasteiger partial charge >= 0.3 is 12.2 Å². The monoisotopic (exact) mass is 488 g/mol. The summed E-state index contributed by atoms with van der Waals surface area (Å²) in [5, 5.41) is 11.4. The Morgan fingerprint density at radius 3 is 2.44 bits per heavy atom. The zero-order valence-corrected chi connectivity index (χ0v) is 17.6. The molecule has 1 fully saturated rings. The summed E-state index contributed by atoms with van der Waals surface area (Å²) in [5.74, 6) is -2.67. The number of imide groups is 2. The first-order valence-electron chi connectivity index (χ1n) is 8.87. The molecule has 1 saturated heterocycles. The van der Waals surface area contributed by atoms with E-state index in [1.165, 1.54) is 12.1 Å². The lowest BCUT2D eigenvalue weighted by atomic mass is 10.1. The summed E-state index contributed by atoms with van der Waals surface area (Å²) in [7, 11) is 0. The topological polar surface area (TPSA) is 95.9 Å². The maximum atomic E-state index is 13.1.